The van der Waals surface area contributed by atoms with Crippen molar-refractivity contribution in [2.24, 2.45) is 5.73 Å². The highest BCUT2D eigenvalue weighted by molar-refractivity contribution is 8.00. The van der Waals surface area contributed by atoms with E-state index in [0.717, 1.165) is 12.2 Å². The molecule has 1 aliphatic rings. The molecule has 88 valence electrons. The van der Waals surface area contributed by atoms with Crippen LogP contribution in [0.5, 0.6) is 0 Å². The molecule has 1 fully saturated rings. The van der Waals surface area contributed by atoms with Crippen LogP contribution in [0.4, 0.5) is 5.69 Å². The summed E-state index contributed by atoms with van der Waals surface area (Å²) >= 11 is 2.04. The lowest BCUT2D eigenvalue weighted by atomic mass is 10.1. The fraction of sp³-hybridized carbons (Fsp3) is 0.583. The molecule has 2 heterocycles. The molecule has 3 nitrogen and oxygen atoms in total. The molecule has 0 saturated carbocycles. The first-order valence-electron chi connectivity index (χ1n) is 5.76. The van der Waals surface area contributed by atoms with Crippen molar-refractivity contribution in [3.05, 3.63) is 24.0 Å². The second-order valence-corrected chi connectivity index (χ2v) is 5.67. The van der Waals surface area contributed by atoms with Gasteiger partial charge in [-0.2, -0.15) is 11.8 Å². The zero-order chi connectivity index (χ0) is 11.5. The fourth-order valence-electron chi connectivity index (χ4n) is 2.12. The lowest BCUT2D eigenvalue weighted by Crippen LogP contribution is -2.45. The number of hydrogen-bond acceptors (Lipinski definition) is 4. The van der Waals surface area contributed by atoms with Gasteiger partial charge in [-0.15, -0.1) is 0 Å². The average molecular weight is 237 g/mol. The first-order valence-corrected chi connectivity index (χ1v) is 6.81. The van der Waals surface area contributed by atoms with Crippen LogP contribution in [-0.2, 0) is 6.54 Å². The summed E-state index contributed by atoms with van der Waals surface area (Å²) in [5, 5.41) is 0.666. The minimum Gasteiger partial charge on any atom is -0.365 e. The first-order chi connectivity index (χ1) is 7.74. The quantitative estimate of drug-likeness (QED) is 0.852. The van der Waals surface area contributed by atoms with Crippen molar-refractivity contribution in [3.63, 3.8) is 0 Å². The van der Waals surface area contributed by atoms with E-state index in [1.165, 1.54) is 11.4 Å². The number of pyridine rings is 1. The number of rotatable bonds is 2. The third-order valence-corrected chi connectivity index (χ3v) is 4.59. The van der Waals surface area contributed by atoms with E-state index in [0.29, 0.717) is 17.8 Å². The maximum Gasteiger partial charge on any atom is 0.0772 e. The van der Waals surface area contributed by atoms with E-state index in [9.17, 15) is 0 Å². The van der Waals surface area contributed by atoms with Crippen LogP contribution >= 0.6 is 11.8 Å². The van der Waals surface area contributed by atoms with Gasteiger partial charge in [-0.3, -0.25) is 4.98 Å². The molecule has 4 heteroatoms. The highest BCUT2D eigenvalue weighted by Crippen LogP contribution is 2.30. The molecule has 1 aliphatic heterocycles. The van der Waals surface area contributed by atoms with E-state index in [2.05, 4.69) is 29.8 Å². The van der Waals surface area contributed by atoms with Gasteiger partial charge in [0.25, 0.3) is 0 Å². The summed E-state index contributed by atoms with van der Waals surface area (Å²) in [7, 11) is 0. The Hall–Kier alpha value is -0.740. The third kappa shape index (κ3) is 2.18. The van der Waals surface area contributed by atoms with E-state index in [-0.39, 0.29) is 0 Å². The number of thioether (sulfide) groups is 1. The highest BCUT2D eigenvalue weighted by Gasteiger charge is 2.26. The third-order valence-electron chi connectivity index (χ3n) is 3.25. The predicted octanol–water partition coefficient (Wildman–Crippen LogP) is 1.87. The standard InChI is InChI=1S/C12H19N3S/c1-9-10(2)16-7-6-15(9)12-4-3-5-14-11(12)8-13/h3-5,9-10H,6-8,13H2,1-2H3. The smallest absolute Gasteiger partial charge is 0.0772 e. The molecule has 0 aliphatic carbocycles. The van der Waals surface area contributed by atoms with Gasteiger partial charge in [0, 0.05) is 36.3 Å². The van der Waals surface area contributed by atoms with Crippen LogP contribution < -0.4 is 10.6 Å². The topological polar surface area (TPSA) is 42.2 Å². The number of nitrogens with two attached hydrogens (primary N) is 1. The second-order valence-electron chi connectivity index (χ2n) is 4.18. The van der Waals surface area contributed by atoms with Crippen LogP contribution in [0.25, 0.3) is 0 Å². The molecule has 16 heavy (non-hydrogen) atoms. The minimum absolute atomic E-state index is 0.515. The summed E-state index contributed by atoms with van der Waals surface area (Å²) in [6.07, 6.45) is 1.82. The van der Waals surface area contributed by atoms with Crippen LogP contribution in [0.2, 0.25) is 0 Å². The van der Waals surface area contributed by atoms with E-state index in [1.54, 1.807) is 0 Å². The highest BCUT2D eigenvalue weighted by atomic mass is 32.2. The molecule has 2 rings (SSSR count). The molecule has 2 atom stereocenters. The Morgan fingerprint density at radius 1 is 1.56 bits per heavy atom. The normalized spacial score (nSPS) is 25.8. The van der Waals surface area contributed by atoms with Crippen molar-refractivity contribution in [3.8, 4) is 0 Å². The second kappa shape index (κ2) is 5.06. The lowest BCUT2D eigenvalue weighted by Gasteiger charge is -2.39. The van der Waals surface area contributed by atoms with E-state index < -0.39 is 0 Å². The van der Waals surface area contributed by atoms with Crippen molar-refractivity contribution in [2.75, 3.05) is 17.2 Å². The molecule has 2 unspecified atom stereocenters. The molecule has 1 aromatic heterocycles. The number of anilines is 1. The van der Waals surface area contributed by atoms with Gasteiger partial charge in [0.05, 0.1) is 11.4 Å². The van der Waals surface area contributed by atoms with Crippen molar-refractivity contribution >= 4 is 17.4 Å². The zero-order valence-corrected chi connectivity index (χ0v) is 10.7. The van der Waals surface area contributed by atoms with Gasteiger partial charge in [-0.05, 0) is 19.1 Å². The van der Waals surface area contributed by atoms with Crippen molar-refractivity contribution in [1.29, 1.82) is 0 Å². The average Bonchev–Trinajstić information content (AvgIpc) is 2.33. The SMILES string of the molecule is CC1SCCN(c2cccnc2CN)C1C. The molecule has 0 bridgehead atoms. The van der Waals surface area contributed by atoms with Crippen LogP contribution in [0.1, 0.15) is 19.5 Å². The van der Waals surface area contributed by atoms with Gasteiger partial charge in [0.15, 0.2) is 0 Å². The number of aromatic nitrogens is 1. The Morgan fingerprint density at radius 3 is 3.12 bits per heavy atom. The van der Waals surface area contributed by atoms with Crippen molar-refractivity contribution < 1.29 is 0 Å². The van der Waals surface area contributed by atoms with E-state index >= 15 is 0 Å². The summed E-state index contributed by atoms with van der Waals surface area (Å²) in [5.74, 6) is 1.18. The molecule has 0 aromatic carbocycles. The molecule has 1 aromatic rings. The van der Waals surface area contributed by atoms with Gasteiger partial charge in [-0.25, -0.2) is 0 Å². The number of hydrogen-bond donors (Lipinski definition) is 1. The monoisotopic (exact) mass is 237 g/mol. The van der Waals surface area contributed by atoms with Gasteiger partial charge in [-0.1, -0.05) is 6.92 Å². The van der Waals surface area contributed by atoms with Crippen molar-refractivity contribution in [1.82, 2.24) is 4.98 Å². The van der Waals surface area contributed by atoms with Gasteiger partial charge < -0.3 is 10.6 Å². The summed E-state index contributed by atoms with van der Waals surface area (Å²) in [6, 6.07) is 4.68. The summed E-state index contributed by atoms with van der Waals surface area (Å²) < 4.78 is 0. The molecule has 0 spiro atoms. The predicted molar refractivity (Wildman–Crippen MR) is 70.9 cm³/mol. The Balaban J connectivity index is 2.28. The van der Waals surface area contributed by atoms with Gasteiger partial charge >= 0.3 is 0 Å². The van der Waals surface area contributed by atoms with Crippen LogP contribution in [-0.4, -0.2) is 28.6 Å². The van der Waals surface area contributed by atoms with Crippen LogP contribution in [0.3, 0.4) is 0 Å². The van der Waals surface area contributed by atoms with Crippen molar-refractivity contribution in [2.45, 2.75) is 31.7 Å². The number of nitrogens with zero attached hydrogens (tertiary/aromatic N) is 2. The Kier molecular flexibility index (Phi) is 3.71. The largest absolute Gasteiger partial charge is 0.365 e. The molecular weight excluding hydrogens is 218 g/mol. The van der Waals surface area contributed by atoms with Crippen LogP contribution in [0.15, 0.2) is 18.3 Å². The zero-order valence-electron chi connectivity index (χ0n) is 9.89. The Morgan fingerprint density at radius 2 is 2.38 bits per heavy atom. The van der Waals surface area contributed by atoms with E-state index in [4.69, 9.17) is 5.73 Å². The molecule has 0 amide bonds. The molecule has 2 N–H and O–H groups in total. The Bertz CT molecular complexity index is 356. The molecule has 1 saturated heterocycles. The van der Waals surface area contributed by atoms with Crippen LogP contribution in [0, 0.1) is 0 Å². The summed E-state index contributed by atoms with van der Waals surface area (Å²) in [5.41, 5.74) is 7.96. The van der Waals surface area contributed by atoms with Gasteiger partial charge in [0.1, 0.15) is 0 Å². The maximum absolute atomic E-state index is 5.74. The lowest BCUT2D eigenvalue weighted by molar-refractivity contribution is 0.623. The summed E-state index contributed by atoms with van der Waals surface area (Å²) in [4.78, 5) is 6.80. The minimum atomic E-state index is 0.515. The van der Waals surface area contributed by atoms with Gasteiger partial charge in [0.2, 0.25) is 0 Å². The first kappa shape index (κ1) is 11.7. The molecular formula is C12H19N3S. The molecule has 0 radical (unpaired) electrons. The fourth-order valence-corrected chi connectivity index (χ4v) is 3.22. The summed E-state index contributed by atoms with van der Waals surface area (Å²) in [6.45, 7) is 6.18. The maximum atomic E-state index is 5.74. The Labute approximate surface area is 101 Å². The van der Waals surface area contributed by atoms with E-state index in [1.807, 2.05) is 24.0 Å².